The van der Waals surface area contributed by atoms with Gasteiger partial charge in [0, 0.05) is 17.8 Å². The molecule has 96 valence electrons. The Morgan fingerprint density at radius 2 is 1.94 bits per heavy atom. The highest BCUT2D eigenvalue weighted by molar-refractivity contribution is 5.31. The van der Waals surface area contributed by atoms with Gasteiger partial charge < -0.3 is 10.1 Å². The van der Waals surface area contributed by atoms with Crippen LogP contribution in [-0.2, 0) is 0 Å². The predicted molar refractivity (Wildman–Crippen MR) is 70.5 cm³/mol. The Labute approximate surface area is 104 Å². The smallest absolute Gasteiger partial charge is 0.226 e. The lowest BCUT2D eigenvalue weighted by atomic mass is 10.2. The van der Waals surface area contributed by atoms with Gasteiger partial charge >= 0.3 is 0 Å². The van der Waals surface area contributed by atoms with Crippen LogP contribution in [0.3, 0.4) is 0 Å². The Bertz CT molecular complexity index is 337. The molecule has 17 heavy (non-hydrogen) atoms. The van der Waals surface area contributed by atoms with Crippen molar-refractivity contribution in [1.29, 1.82) is 0 Å². The molecule has 1 heterocycles. The molecule has 1 aromatic heterocycles. The van der Waals surface area contributed by atoms with Crippen LogP contribution in [0, 0.1) is 6.92 Å². The molecule has 0 aromatic carbocycles. The molecule has 4 nitrogen and oxygen atoms in total. The zero-order valence-electron chi connectivity index (χ0n) is 11.3. The van der Waals surface area contributed by atoms with Gasteiger partial charge in [-0.1, -0.05) is 20.8 Å². The predicted octanol–water partition coefficient (Wildman–Crippen LogP) is 3.17. The van der Waals surface area contributed by atoms with Crippen molar-refractivity contribution in [3.8, 4) is 5.88 Å². The first-order valence-corrected chi connectivity index (χ1v) is 6.44. The van der Waals surface area contributed by atoms with Crippen molar-refractivity contribution in [3.05, 3.63) is 11.8 Å². The monoisotopic (exact) mass is 237 g/mol. The van der Waals surface area contributed by atoms with Gasteiger partial charge in [0.15, 0.2) is 0 Å². The fourth-order valence-corrected chi connectivity index (χ4v) is 1.56. The standard InChI is InChI=1S/C13H23N3O/c1-5-8-17-12-9-10(4)14-13(16-12)15-11(6-2)7-3/h9,11H,5-8H2,1-4H3,(H,14,15,16). The summed E-state index contributed by atoms with van der Waals surface area (Å²) in [6, 6.07) is 2.30. The Balaban J connectivity index is 2.74. The van der Waals surface area contributed by atoms with Gasteiger partial charge in [-0.25, -0.2) is 4.98 Å². The van der Waals surface area contributed by atoms with Gasteiger partial charge in [0.05, 0.1) is 6.61 Å². The number of ether oxygens (including phenoxy) is 1. The van der Waals surface area contributed by atoms with Crippen LogP contribution in [0.25, 0.3) is 0 Å². The lowest BCUT2D eigenvalue weighted by Crippen LogP contribution is -2.19. The summed E-state index contributed by atoms with van der Waals surface area (Å²) in [5, 5.41) is 3.33. The molecule has 0 aliphatic heterocycles. The zero-order chi connectivity index (χ0) is 12.7. The molecule has 0 aliphatic rings. The van der Waals surface area contributed by atoms with E-state index < -0.39 is 0 Å². The van der Waals surface area contributed by atoms with Gasteiger partial charge in [0.1, 0.15) is 0 Å². The zero-order valence-corrected chi connectivity index (χ0v) is 11.3. The van der Waals surface area contributed by atoms with Crippen LogP contribution >= 0.6 is 0 Å². The summed E-state index contributed by atoms with van der Waals surface area (Å²) >= 11 is 0. The first-order valence-electron chi connectivity index (χ1n) is 6.44. The quantitative estimate of drug-likeness (QED) is 0.791. The average molecular weight is 237 g/mol. The van der Waals surface area contributed by atoms with Crippen molar-refractivity contribution in [3.63, 3.8) is 0 Å². The molecule has 0 atom stereocenters. The maximum Gasteiger partial charge on any atom is 0.226 e. The van der Waals surface area contributed by atoms with Gasteiger partial charge in [0.2, 0.25) is 11.8 Å². The van der Waals surface area contributed by atoms with E-state index in [1.54, 1.807) is 0 Å². The molecular formula is C13H23N3O. The number of aryl methyl sites for hydroxylation is 1. The SMILES string of the molecule is CCCOc1cc(C)nc(NC(CC)CC)n1. The molecule has 1 rings (SSSR count). The Kier molecular flexibility index (Phi) is 5.73. The maximum absolute atomic E-state index is 5.53. The van der Waals surface area contributed by atoms with Crippen molar-refractivity contribution in [1.82, 2.24) is 9.97 Å². The molecule has 0 unspecified atom stereocenters. The number of rotatable bonds is 7. The molecule has 1 aromatic rings. The van der Waals surface area contributed by atoms with Crippen LogP contribution in [0.2, 0.25) is 0 Å². The fourth-order valence-electron chi connectivity index (χ4n) is 1.56. The molecule has 4 heteroatoms. The number of nitrogens with zero attached hydrogens (tertiary/aromatic N) is 2. The van der Waals surface area contributed by atoms with Crippen LogP contribution in [0.15, 0.2) is 6.07 Å². The summed E-state index contributed by atoms with van der Waals surface area (Å²) in [7, 11) is 0. The molecule has 0 bridgehead atoms. The minimum atomic E-state index is 0.427. The van der Waals surface area contributed by atoms with E-state index in [0.29, 0.717) is 24.5 Å². The normalized spacial score (nSPS) is 10.6. The van der Waals surface area contributed by atoms with Crippen molar-refractivity contribution in [2.75, 3.05) is 11.9 Å². The third-order valence-electron chi connectivity index (χ3n) is 2.60. The van der Waals surface area contributed by atoms with Gasteiger partial charge in [0.25, 0.3) is 0 Å². The van der Waals surface area contributed by atoms with Crippen LogP contribution in [0.4, 0.5) is 5.95 Å². The molecule has 1 N–H and O–H groups in total. The minimum absolute atomic E-state index is 0.427. The maximum atomic E-state index is 5.53. The molecule has 0 saturated carbocycles. The van der Waals surface area contributed by atoms with E-state index in [0.717, 1.165) is 25.0 Å². The highest BCUT2D eigenvalue weighted by Gasteiger charge is 2.07. The van der Waals surface area contributed by atoms with E-state index >= 15 is 0 Å². The average Bonchev–Trinajstić information content (AvgIpc) is 2.32. The van der Waals surface area contributed by atoms with E-state index in [-0.39, 0.29) is 0 Å². The van der Waals surface area contributed by atoms with Crippen molar-refractivity contribution in [2.24, 2.45) is 0 Å². The van der Waals surface area contributed by atoms with Crippen LogP contribution < -0.4 is 10.1 Å². The van der Waals surface area contributed by atoms with Crippen molar-refractivity contribution in [2.45, 2.75) is 53.0 Å². The molecule has 0 amide bonds. The van der Waals surface area contributed by atoms with E-state index in [2.05, 4.69) is 36.1 Å². The largest absolute Gasteiger partial charge is 0.478 e. The second kappa shape index (κ2) is 7.09. The number of nitrogens with one attached hydrogen (secondary N) is 1. The molecule has 0 saturated heterocycles. The molecular weight excluding hydrogens is 214 g/mol. The van der Waals surface area contributed by atoms with Gasteiger partial charge in [-0.15, -0.1) is 0 Å². The molecule has 0 fully saturated rings. The van der Waals surface area contributed by atoms with Crippen LogP contribution in [-0.4, -0.2) is 22.6 Å². The van der Waals surface area contributed by atoms with Gasteiger partial charge in [-0.05, 0) is 26.2 Å². The van der Waals surface area contributed by atoms with E-state index in [4.69, 9.17) is 4.74 Å². The van der Waals surface area contributed by atoms with Gasteiger partial charge in [-0.2, -0.15) is 4.98 Å². The summed E-state index contributed by atoms with van der Waals surface area (Å²) in [5.74, 6) is 1.33. The first kappa shape index (κ1) is 13.7. The molecule has 0 radical (unpaired) electrons. The third-order valence-corrected chi connectivity index (χ3v) is 2.60. The second-order valence-electron chi connectivity index (χ2n) is 4.18. The summed E-state index contributed by atoms with van der Waals surface area (Å²) in [5.41, 5.74) is 0.930. The summed E-state index contributed by atoms with van der Waals surface area (Å²) in [6.45, 7) is 9.05. The number of aromatic nitrogens is 2. The van der Waals surface area contributed by atoms with Crippen LogP contribution in [0.1, 0.15) is 45.7 Å². The lowest BCUT2D eigenvalue weighted by molar-refractivity contribution is 0.304. The van der Waals surface area contributed by atoms with Crippen molar-refractivity contribution >= 4 is 5.95 Å². The number of hydrogen-bond acceptors (Lipinski definition) is 4. The molecule has 0 spiro atoms. The van der Waals surface area contributed by atoms with Gasteiger partial charge in [-0.3, -0.25) is 0 Å². The van der Waals surface area contributed by atoms with Crippen molar-refractivity contribution < 1.29 is 4.74 Å². The summed E-state index contributed by atoms with van der Waals surface area (Å²) in [6.07, 6.45) is 3.12. The third kappa shape index (κ3) is 4.59. The number of hydrogen-bond donors (Lipinski definition) is 1. The Morgan fingerprint density at radius 1 is 1.24 bits per heavy atom. The summed E-state index contributed by atoms with van der Waals surface area (Å²) in [4.78, 5) is 8.74. The summed E-state index contributed by atoms with van der Waals surface area (Å²) < 4.78 is 5.53. The minimum Gasteiger partial charge on any atom is -0.478 e. The Hall–Kier alpha value is -1.32. The lowest BCUT2D eigenvalue weighted by Gasteiger charge is -2.15. The number of anilines is 1. The highest BCUT2D eigenvalue weighted by Crippen LogP contribution is 2.14. The fraction of sp³-hybridized carbons (Fsp3) is 0.692. The van der Waals surface area contributed by atoms with E-state index in [1.807, 2.05) is 13.0 Å². The highest BCUT2D eigenvalue weighted by atomic mass is 16.5. The first-order chi connectivity index (χ1) is 8.19. The topological polar surface area (TPSA) is 47.0 Å². The van der Waals surface area contributed by atoms with Crippen LogP contribution in [0.5, 0.6) is 5.88 Å². The second-order valence-corrected chi connectivity index (χ2v) is 4.18. The van der Waals surface area contributed by atoms with E-state index in [1.165, 1.54) is 0 Å². The molecule has 0 aliphatic carbocycles. The Morgan fingerprint density at radius 3 is 2.53 bits per heavy atom. The van der Waals surface area contributed by atoms with E-state index in [9.17, 15) is 0 Å².